The van der Waals surface area contributed by atoms with Crippen molar-refractivity contribution in [2.24, 2.45) is 0 Å². The summed E-state index contributed by atoms with van der Waals surface area (Å²) in [5.74, 6) is 0.724. The second kappa shape index (κ2) is 7.79. The highest BCUT2D eigenvalue weighted by Gasteiger charge is 2.16. The summed E-state index contributed by atoms with van der Waals surface area (Å²) < 4.78 is 5.75. The minimum Gasteiger partial charge on any atom is -0.459 e. The molecule has 1 aromatic heterocycles. The number of rotatable bonds is 5. The van der Waals surface area contributed by atoms with Crippen LogP contribution >= 0.6 is 0 Å². The Hall–Kier alpha value is -3.53. The summed E-state index contributed by atoms with van der Waals surface area (Å²) in [6.45, 7) is 0.330. The molecule has 27 heavy (non-hydrogen) atoms. The lowest BCUT2D eigenvalue weighted by Gasteiger charge is -2.20. The minimum absolute atomic E-state index is 0.219. The van der Waals surface area contributed by atoms with Gasteiger partial charge in [0, 0.05) is 5.39 Å². The smallest absolute Gasteiger partial charge is 0.315 e. The molecule has 4 rings (SSSR count). The van der Waals surface area contributed by atoms with Crippen molar-refractivity contribution in [2.75, 3.05) is 0 Å². The first-order valence-corrected chi connectivity index (χ1v) is 8.91. The molecule has 1 heterocycles. The largest absolute Gasteiger partial charge is 0.459 e. The van der Waals surface area contributed by atoms with Gasteiger partial charge in [-0.15, -0.1) is 0 Å². The molecule has 0 saturated heterocycles. The van der Waals surface area contributed by atoms with Crippen LogP contribution in [0.15, 0.2) is 95.4 Å². The Kier molecular flexibility index (Phi) is 4.88. The van der Waals surface area contributed by atoms with Crippen LogP contribution in [-0.2, 0) is 6.54 Å². The molecule has 0 bridgehead atoms. The fraction of sp³-hybridized carbons (Fsp3) is 0.0870. The molecule has 0 atom stereocenters. The van der Waals surface area contributed by atoms with Crippen LogP contribution in [0.25, 0.3) is 11.0 Å². The molecule has 0 spiro atoms. The normalized spacial score (nSPS) is 10.9. The highest BCUT2D eigenvalue weighted by Crippen LogP contribution is 2.22. The number of carbonyl (C=O) groups excluding carboxylic acids is 1. The number of carbonyl (C=O) groups is 1. The first kappa shape index (κ1) is 16.9. The molecule has 0 unspecified atom stereocenters. The molecule has 4 nitrogen and oxygen atoms in total. The molecule has 0 radical (unpaired) electrons. The minimum atomic E-state index is -0.242. The molecule has 0 aliphatic carbocycles. The Morgan fingerprint density at radius 3 is 2.04 bits per heavy atom. The molecule has 4 heteroatoms. The van der Waals surface area contributed by atoms with Gasteiger partial charge in [-0.3, -0.25) is 0 Å². The number of para-hydroxylation sites is 1. The van der Waals surface area contributed by atoms with E-state index < -0.39 is 0 Å². The van der Waals surface area contributed by atoms with Crippen LogP contribution in [0.2, 0.25) is 0 Å². The number of urea groups is 1. The average molecular weight is 356 g/mol. The van der Waals surface area contributed by atoms with E-state index in [0.29, 0.717) is 6.54 Å². The van der Waals surface area contributed by atoms with Gasteiger partial charge in [0.15, 0.2) is 0 Å². The van der Waals surface area contributed by atoms with Crippen LogP contribution in [0.3, 0.4) is 0 Å². The lowest BCUT2D eigenvalue weighted by molar-refractivity contribution is 0.237. The molecule has 2 amide bonds. The fourth-order valence-corrected chi connectivity index (χ4v) is 3.12. The van der Waals surface area contributed by atoms with E-state index in [0.717, 1.165) is 27.9 Å². The molecule has 3 aromatic carbocycles. The fourth-order valence-electron chi connectivity index (χ4n) is 3.12. The van der Waals surface area contributed by atoms with Crippen LogP contribution < -0.4 is 10.6 Å². The van der Waals surface area contributed by atoms with Crippen molar-refractivity contribution in [3.63, 3.8) is 0 Å². The monoisotopic (exact) mass is 356 g/mol. The van der Waals surface area contributed by atoms with E-state index in [9.17, 15) is 4.79 Å². The van der Waals surface area contributed by atoms with E-state index in [1.165, 1.54) is 0 Å². The number of fused-ring (bicyclic) bond motifs is 1. The van der Waals surface area contributed by atoms with Crippen LogP contribution in [0, 0.1) is 0 Å². The maximum Gasteiger partial charge on any atom is 0.315 e. The van der Waals surface area contributed by atoms with Crippen molar-refractivity contribution in [1.29, 1.82) is 0 Å². The van der Waals surface area contributed by atoms with Gasteiger partial charge in [0.25, 0.3) is 0 Å². The number of amides is 2. The predicted octanol–water partition coefficient (Wildman–Crippen LogP) is 5.02. The lowest BCUT2D eigenvalue weighted by atomic mass is 9.99. The second-order valence-electron chi connectivity index (χ2n) is 6.33. The third-order valence-electron chi connectivity index (χ3n) is 4.44. The van der Waals surface area contributed by atoms with Gasteiger partial charge in [0.05, 0.1) is 12.6 Å². The first-order valence-electron chi connectivity index (χ1n) is 8.91. The van der Waals surface area contributed by atoms with Gasteiger partial charge in [-0.1, -0.05) is 78.9 Å². The van der Waals surface area contributed by atoms with Crippen molar-refractivity contribution in [3.8, 4) is 0 Å². The zero-order chi connectivity index (χ0) is 18.5. The summed E-state index contributed by atoms with van der Waals surface area (Å²) in [5.41, 5.74) is 2.88. The number of hydrogen-bond acceptors (Lipinski definition) is 2. The van der Waals surface area contributed by atoms with Gasteiger partial charge in [-0.05, 0) is 23.3 Å². The molecular formula is C23H20N2O2. The predicted molar refractivity (Wildman–Crippen MR) is 106 cm³/mol. The number of benzene rings is 3. The molecular weight excluding hydrogens is 336 g/mol. The lowest BCUT2D eigenvalue weighted by Crippen LogP contribution is -2.38. The Balaban J connectivity index is 1.47. The van der Waals surface area contributed by atoms with E-state index in [2.05, 4.69) is 10.6 Å². The van der Waals surface area contributed by atoms with Crippen molar-refractivity contribution in [3.05, 3.63) is 108 Å². The molecule has 2 N–H and O–H groups in total. The maximum atomic E-state index is 12.5. The summed E-state index contributed by atoms with van der Waals surface area (Å²) in [5, 5.41) is 6.98. The van der Waals surface area contributed by atoms with E-state index in [1.807, 2.05) is 91.0 Å². The summed E-state index contributed by atoms with van der Waals surface area (Å²) in [7, 11) is 0. The summed E-state index contributed by atoms with van der Waals surface area (Å²) >= 11 is 0. The Morgan fingerprint density at radius 1 is 0.815 bits per heavy atom. The van der Waals surface area contributed by atoms with Crippen LogP contribution in [0.1, 0.15) is 22.9 Å². The maximum absolute atomic E-state index is 12.5. The van der Waals surface area contributed by atoms with Gasteiger partial charge in [0.2, 0.25) is 0 Å². The summed E-state index contributed by atoms with van der Waals surface area (Å²) in [4.78, 5) is 12.5. The Labute approximate surface area is 157 Å². The van der Waals surface area contributed by atoms with Gasteiger partial charge in [0.1, 0.15) is 11.3 Å². The number of furan rings is 1. The first-order chi connectivity index (χ1) is 13.3. The Bertz CT molecular complexity index is 953. The third kappa shape index (κ3) is 4.01. The van der Waals surface area contributed by atoms with Crippen molar-refractivity contribution in [1.82, 2.24) is 10.6 Å². The van der Waals surface area contributed by atoms with Gasteiger partial charge in [-0.25, -0.2) is 4.79 Å². The topological polar surface area (TPSA) is 54.3 Å². The van der Waals surface area contributed by atoms with Gasteiger partial charge in [-0.2, -0.15) is 0 Å². The summed E-state index contributed by atoms with van der Waals surface area (Å²) in [6.07, 6.45) is 0. The number of nitrogens with one attached hydrogen (secondary N) is 2. The molecule has 0 saturated carbocycles. The highest BCUT2D eigenvalue weighted by atomic mass is 16.3. The van der Waals surface area contributed by atoms with Crippen molar-refractivity contribution < 1.29 is 9.21 Å². The standard InChI is InChI=1S/C23H20N2O2/c26-23(24-16-20-15-19-13-7-8-14-21(19)27-20)25-22(17-9-3-1-4-10-17)18-11-5-2-6-12-18/h1-15,22H,16H2,(H2,24,25,26). The van der Waals surface area contributed by atoms with Crippen molar-refractivity contribution >= 4 is 17.0 Å². The van der Waals surface area contributed by atoms with E-state index in [4.69, 9.17) is 4.42 Å². The molecule has 0 fully saturated rings. The molecule has 0 aliphatic rings. The van der Waals surface area contributed by atoms with E-state index in [-0.39, 0.29) is 12.1 Å². The zero-order valence-corrected chi connectivity index (χ0v) is 14.8. The van der Waals surface area contributed by atoms with Gasteiger partial charge >= 0.3 is 6.03 Å². The second-order valence-corrected chi connectivity index (χ2v) is 6.33. The van der Waals surface area contributed by atoms with E-state index >= 15 is 0 Å². The highest BCUT2D eigenvalue weighted by molar-refractivity contribution is 5.78. The summed E-state index contributed by atoms with van der Waals surface area (Å²) in [6, 6.07) is 29.1. The van der Waals surface area contributed by atoms with Gasteiger partial charge < -0.3 is 15.1 Å². The zero-order valence-electron chi connectivity index (χ0n) is 14.8. The van der Waals surface area contributed by atoms with E-state index in [1.54, 1.807) is 0 Å². The number of hydrogen-bond donors (Lipinski definition) is 2. The SMILES string of the molecule is O=C(NCc1cc2ccccc2o1)NC(c1ccccc1)c1ccccc1. The third-order valence-corrected chi connectivity index (χ3v) is 4.44. The molecule has 0 aliphatic heterocycles. The molecule has 4 aromatic rings. The average Bonchev–Trinajstić information content (AvgIpc) is 3.15. The van der Waals surface area contributed by atoms with Crippen LogP contribution in [0.5, 0.6) is 0 Å². The van der Waals surface area contributed by atoms with Crippen LogP contribution in [0.4, 0.5) is 4.79 Å². The van der Waals surface area contributed by atoms with Crippen molar-refractivity contribution in [2.45, 2.75) is 12.6 Å². The Morgan fingerprint density at radius 2 is 1.41 bits per heavy atom. The molecule has 134 valence electrons. The quantitative estimate of drug-likeness (QED) is 0.527. The van der Waals surface area contributed by atoms with Crippen LogP contribution in [-0.4, -0.2) is 6.03 Å².